The van der Waals surface area contributed by atoms with Gasteiger partial charge in [-0.15, -0.1) is 0 Å². The molecule has 0 aromatic carbocycles. The standard InChI is InChI=1S/C7H17N3O2S/c1-10(13(8,11)12)6-7-4-2-3-5-9-7/h7,9H,2-6H2,1H3,(H2,8,11,12). The van der Waals surface area contributed by atoms with Gasteiger partial charge in [-0.05, 0) is 19.4 Å². The molecule has 0 aromatic heterocycles. The maximum Gasteiger partial charge on any atom is 0.276 e. The molecule has 0 saturated carbocycles. The Hall–Kier alpha value is -0.170. The van der Waals surface area contributed by atoms with Crippen molar-refractivity contribution in [1.29, 1.82) is 0 Å². The molecule has 0 spiro atoms. The highest BCUT2D eigenvalue weighted by Gasteiger charge is 2.19. The number of rotatable bonds is 3. The summed E-state index contributed by atoms with van der Waals surface area (Å²) in [5.74, 6) is 0. The predicted octanol–water partition coefficient (Wildman–Crippen LogP) is -0.736. The Kier molecular flexibility index (Phi) is 3.66. The summed E-state index contributed by atoms with van der Waals surface area (Å²) in [5, 5.41) is 8.23. The molecule has 13 heavy (non-hydrogen) atoms. The second kappa shape index (κ2) is 4.36. The number of piperidine rings is 1. The monoisotopic (exact) mass is 207 g/mol. The van der Waals surface area contributed by atoms with Crippen LogP contribution in [0.4, 0.5) is 0 Å². The van der Waals surface area contributed by atoms with Crippen molar-refractivity contribution in [1.82, 2.24) is 9.62 Å². The normalized spacial score (nSPS) is 25.0. The van der Waals surface area contributed by atoms with E-state index in [0.717, 1.165) is 19.4 Å². The summed E-state index contributed by atoms with van der Waals surface area (Å²) in [7, 11) is -2.00. The fraction of sp³-hybridized carbons (Fsp3) is 1.00. The van der Waals surface area contributed by atoms with E-state index in [1.54, 1.807) is 0 Å². The van der Waals surface area contributed by atoms with Crippen LogP contribution in [0.2, 0.25) is 0 Å². The molecule has 0 aromatic rings. The molecular weight excluding hydrogens is 190 g/mol. The fourth-order valence-electron chi connectivity index (χ4n) is 1.49. The Labute approximate surface area is 79.5 Å². The summed E-state index contributed by atoms with van der Waals surface area (Å²) in [6.07, 6.45) is 3.37. The zero-order valence-corrected chi connectivity index (χ0v) is 8.68. The van der Waals surface area contributed by atoms with Gasteiger partial charge in [0, 0.05) is 19.6 Å². The van der Waals surface area contributed by atoms with Gasteiger partial charge in [0.25, 0.3) is 10.2 Å². The van der Waals surface area contributed by atoms with E-state index in [-0.39, 0.29) is 6.04 Å². The molecule has 0 aliphatic carbocycles. The van der Waals surface area contributed by atoms with Crippen molar-refractivity contribution < 1.29 is 8.42 Å². The lowest BCUT2D eigenvalue weighted by atomic mass is 10.1. The lowest BCUT2D eigenvalue weighted by Crippen LogP contribution is -2.45. The maximum absolute atomic E-state index is 10.9. The average molecular weight is 207 g/mol. The average Bonchev–Trinajstić information content (AvgIpc) is 2.04. The first-order valence-electron chi connectivity index (χ1n) is 4.47. The van der Waals surface area contributed by atoms with Crippen LogP contribution in [0.1, 0.15) is 19.3 Å². The molecule has 1 heterocycles. The molecule has 1 aliphatic rings. The molecule has 1 fully saturated rings. The topological polar surface area (TPSA) is 75.4 Å². The van der Waals surface area contributed by atoms with Gasteiger partial charge in [0.15, 0.2) is 0 Å². The molecule has 1 saturated heterocycles. The van der Waals surface area contributed by atoms with Crippen LogP contribution in [0.25, 0.3) is 0 Å². The van der Waals surface area contributed by atoms with Crippen molar-refractivity contribution in [3.8, 4) is 0 Å². The summed E-state index contributed by atoms with van der Waals surface area (Å²) in [6, 6.07) is 0.261. The van der Waals surface area contributed by atoms with Crippen LogP contribution in [-0.2, 0) is 10.2 Å². The van der Waals surface area contributed by atoms with Crippen LogP contribution in [-0.4, -0.2) is 38.9 Å². The second-order valence-electron chi connectivity index (χ2n) is 3.47. The highest BCUT2D eigenvalue weighted by Crippen LogP contribution is 2.08. The zero-order valence-electron chi connectivity index (χ0n) is 7.86. The minimum absolute atomic E-state index is 0.261. The fourth-order valence-corrected chi connectivity index (χ4v) is 1.88. The van der Waals surface area contributed by atoms with E-state index in [1.165, 1.54) is 17.8 Å². The van der Waals surface area contributed by atoms with E-state index < -0.39 is 10.2 Å². The summed E-state index contributed by atoms with van der Waals surface area (Å²) >= 11 is 0. The van der Waals surface area contributed by atoms with Crippen LogP contribution in [0, 0.1) is 0 Å². The van der Waals surface area contributed by atoms with E-state index >= 15 is 0 Å². The van der Waals surface area contributed by atoms with Gasteiger partial charge < -0.3 is 5.32 Å². The molecule has 0 radical (unpaired) electrons. The summed E-state index contributed by atoms with van der Waals surface area (Å²) in [6.45, 7) is 1.45. The molecule has 3 N–H and O–H groups in total. The summed E-state index contributed by atoms with van der Waals surface area (Å²) in [5.41, 5.74) is 0. The van der Waals surface area contributed by atoms with Gasteiger partial charge in [-0.1, -0.05) is 6.42 Å². The molecule has 6 heteroatoms. The van der Waals surface area contributed by atoms with E-state index in [0.29, 0.717) is 6.54 Å². The van der Waals surface area contributed by atoms with Gasteiger partial charge in [-0.3, -0.25) is 0 Å². The number of hydrogen-bond donors (Lipinski definition) is 2. The van der Waals surface area contributed by atoms with Gasteiger partial charge in [-0.25, -0.2) is 5.14 Å². The minimum Gasteiger partial charge on any atom is -0.313 e. The van der Waals surface area contributed by atoms with Gasteiger partial charge in [-0.2, -0.15) is 12.7 Å². The van der Waals surface area contributed by atoms with E-state index in [9.17, 15) is 8.42 Å². The van der Waals surface area contributed by atoms with Crippen molar-refractivity contribution in [3.63, 3.8) is 0 Å². The van der Waals surface area contributed by atoms with Crippen LogP contribution in [0.15, 0.2) is 0 Å². The van der Waals surface area contributed by atoms with Crippen molar-refractivity contribution in [3.05, 3.63) is 0 Å². The molecule has 0 amide bonds. The third-order valence-corrected chi connectivity index (χ3v) is 3.34. The Morgan fingerprint density at radius 3 is 2.69 bits per heavy atom. The van der Waals surface area contributed by atoms with Crippen LogP contribution in [0.5, 0.6) is 0 Å². The van der Waals surface area contributed by atoms with Gasteiger partial charge in [0.05, 0.1) is 0 Å². The largest absolute Gasteiger partial charge is 0.313 e. The van der Waals surface area contributed by atoms with Crippen LogP contribution in [0.3, 0.4) is 0 Å². The van der Waals surface area contributed by atoms with Gasteiger partial charge in [0.1, 0.15) is 0 Å². The molecule has 1 unspecified atom stereocenters. The third-order valence-electron chi connectivity index (χ3n) is 2.32. The minimum atomic E-state index is -3.51. The number of nitrogens with zero attached hydrogens (tertiary/aromatic N) is 1. The first-order valence-corrected chi connectivity index (χ1v) is 5.98. The quantitative estimate of drug-likeness (QED) is 0.640. The first-order chi connectivity index (χ1) is 6.00. The highest BCUT2D eigenvalue weighted by molar-refractivity contribution is 7.86. The summed E-state index contributed by atoms with van der Waals surface area (Å²) < 4.78 is 23.0. The van der Waals surface area contributed by atoms with Crippen molar-refractivity contribution in [2.75, 3.05) is 20.1 Å². The van der Waals surface area contributed by atoms with Crippen LogP contribution >= 0.6 is 0 Å². The summed E-state index contributed by atoms with van der Waals surface area (Å²) in [4.78, 5) is 0. The Morgan fingerprint density at radius 2 is 2.23 bits per heavy atom. The Morgan fingerprint density at radius 1 is 1.54 bits per heavy atom. The highest BCUT2D eigenvalue weighted by atomic mass is 32.2. The van der Waals surface area contributed by atoms with E-state index in [2.05, 4.69) is 5.32 Å². The number of likely N-dealkylation sites (N-methyl/N-ethyl adjacent to an activating group) is 1. The second-order valence-corrected chi connectivity index (χ2v) is 5.13. The first kappa shape index (κ1) is 10.9. The molecule has 1 atom stereocenters. The molecule has 1 aliphatic heterocycles. The van der Waals surface area contributed by atoms with Gasteiger partial charge >= 0.3 is 0 Å². The maximum atomic E-state index is 10.9. The lowest BCUT2D eigenvalue weighted by molar-refractivity contribution is 0.338. The molecule has 78 valence electrons. The van der Waals surface area contributed by atoms with E-state index in [1.807, 2.05) is 0 Å². The smallest absolute Gasteiger partial charge is 0.276 e. The van der Waals surface area contributed by atoms with Gasteiger partial charge in [0.2, 0.25) is 0 Å². The SMILES string of the molecule is CN(CC1CCCCN1)S(N)(=O)=O. The lowest BCUT2D eigenvalue weighted by Gasteiger charge is -2.26. The molecule has 0 bridgehead atoms. The third kappa shape index (κ3) is 3.60. The predicted molar refractivity (Wildman–Crippen MR) is 51.4 cm³/mol. The number of nitrogens with one attached hydrogen (secondary N) is 1. The Balaban J connectivity index is 2.39. The molecule has 5 nitrogen and oxygen atoms in total. The van der Waals surface area contributed by atoms with Crippen molar-refractivity contribution in [2.24, 2.45) is 5.14 Å². The molecular formula is C7H17N3O2S. The van der Waals surface area contributed by atoms with Crippen molar-refractivity contribution in [2.45, 2.75) is 25.3 Å². The zero-order chi connectivity index (χ0) is 9.90. The van der Waals surface area contributed by atoms with E-state index in [4.69, 9.17) is 5.14 Å². The van der Waals surface area contributed by atoms with Crippen LogP contribution < -0.4 is 10.5 Å². The number of hydrogen-bond acceptors (Lipinski definition) is 3. The Bertz CT molecular complexity index is 246. The number of nitrogens with two attached hydrogens (primary N) is 1. The molecule has 1 rings (SSSR count). The van der Waals surface area contributed by atoms with Crippen molar-refractivity contribution >= 4 is 10.2 Å².